The van der Waals surface area contributed by atoms with Crippen LogP contribution in [-0.4, -0.2) is 25.0 Å². The van der Waals surface area contributed by atoms with Gasteiger partial charge >= 0.3 is 5.97 Å². The van der Waals surface area contributed by atoms with E-state index in [1.807, 2.05) is 19.1 Å². The van der Waals surface area contributed by atoms with Crippen LogP contribution in [0.2, 0.25) is 0 Å². The number of nitrogens with one attached hydrogen (secondary N) is 1. The Morgan fingerprint density at radius 3 is 2.70 bits per heavy atom. The van der Waals surface area contributed by atoms with E-state index in [1.54, 1.807) is 6.07 Å². The van der Waals surface area contributed by atoms with Crippen molar-refractivity contribution in [2.75, 3.05) is 13.2 Å². The minimum atomic E-state index is -0.426. The van der Waals surface area contributed by atoms with E-state index in [1.165, 1.54) is 24.0 Å². The Labute approximate surface area is 119 Å². The third-order valence-corrected chi connectivity index (χ3v) is 3.49. The van der Waals surface area contributed by atoms with Crippen molar-refractivity contribution in [1.29, 1.82) is 0 Å². The first kappa shape index (κ1) is 14.6. The molecular formula is C16H21NO3. The zero-order valence-electron chi connectivity index (χ0n) is 11.9. The quantitative estimate of drug-likeness (QED) is 0.839. The molecule has 0 radical (unpaired) electrons. The number of benzene rings is 1. The lowest BCUT2D eigenvalue weighted by Gasteiger charge is -2.16. The fourth-order valence-electron chi connectivity index (χ4n) is 2.39. The standard InChI is InChI=1S/C16H21NO3/c1-2-9-17-15(18)11-20-16(19)14-8-7-12-5-3-4-6-13(12)10-14/h7-8,10H,2-6,9,11H2,1H3,(H,17,18). The summed E-state index contributed by atoms with van der Waals surface area (Å²) in [6.07, 6.45) is 5.36. The fourth-order valence-corrected chi connectivity index (χ4v) is 2.39. The predicted octanol–water partition coefficient (Wildman–Crippen LogP) is 2.25. The first-order valence-corrected chi connectivity index (χ1v) is 7.26. The summed E-state index contributed by atoms with van der Waals surface area (Å²) in [5.74, 6) is -0.678. The van der Waals surface area contributed by atoms with Crippen molar-refractivity contribution in [2.24, 2.45) is 0 Å². The Kier molecular flexibility index (Phi) is 5.16. The first-order valence-electron chi connectivity index (χ1n) is 7.26. The Morgan fingerprint density at radius 2 is 1.95 bits per heavy atom. The van der Waals surface area contributed by atoms with Crippen LogP contribution in [0.5, 0.6) is 0 Å². The lowest BCUT2D eigenvalue weighted by molar-refractivity contribution is -0.124. The molecule has 2 rings (SSSR count). The number of hydrogen-bond acceptors (Lipinski definition) is 3. The van der Waals surface area contributed by atoms with Crippen LogP contribution in [0.3, 0.4) is 0 Å². The number of aryl methyl sites for hydroxylation is 2. The van der Waals surface area contributed by atoms with Gasteiger partial charge in [-0.15, -0.1) is 0 Å². The van der Waals surface area contributed by atoms with Crippen molar-refractivity contribution >= 4 is 11.9 Å². The van der Waals surface area contributed by atoms with Crippen LogP contribution in [0.1, 0.15) is 47.7 Å². The summed E-state index contributed by atoms with van der Waals surface area (Å²) in [7, 11) is 0. The van der Waals surface area contributed by atoms with E-state index >= 15 is 0 Å². The third kappa shape index (κ3) is 3.83. The second-order valence-electron chi connectivity index (χ2n) is 5.12. The van der Waals surface area contributed by atoms with Gasteiger partial charge in [-0.05, 0) is 55.4 Å². The van der Waals surface area contributed by atoms with Crippen LogP contribution in [0, 0.1) is 0 Å². The highest BCUT2D eigenvalue weighted by Gasteiger charge is 2.14. The summed E-state index contributed by atoms with van der Waals surface area (Å²) < 4.78 is 5.03. The smallest absolute Gasteiger partial charge is 0.338 e. The Bertz CT molecular complexity index is 496. The molecule has 1 amide bonds. The molecule has 1 aromatic rings. The van der Waals surface area contributed by atoms with Crippen LogP contribution in [0.15, 0.2) is 18.2 Å². The maximum atomic E-state index is 11.9. The van der Waals surface area contributed by atoms with Gasteiger partial charge < -0.3 is 10.1 Å². The molecule has 20 heavy (non-hydrogen) atoms. The topological polar surface area (TPSA) is 55.4 Å². The monoisotopic (exact) mass is 275 g/mol. The lowest BCUT2D eigenvalue weighted by Crippen LogP contribution is -2.29. The highest BCUT2D eigenvalue weighted by Crippen LogP contribution is 2.22. The molecular weight excluding hydrogens is 254 g/mol. The van der Waals surface area contributed by atoms with Crippen molar-refractivity contribution in [3.63, 3.8) is 0 Å². The van der Waals surface area contributed by atoms with Crippen LogP contribution in [-0.2, 0) is 22.4 Å². The molecule has 0 aromatic heterocycles. The summed E-state index contributed by atoms with van der Waals surface area (Å²) in [5.41, 5.74) is 3.10. The number of ether oxygens (including phenoxy) is 1. The minimum absolute atomic E-state index is 0.212. The Hall–Kier alpha value is -1.84. The molecule has 0 atom stereocenters. The molecule has 1 aliphatic carbocycles. The second-order valence-corrected chi connectivity index (χ2v) is 5.12. The molecule has 0 spiro atoms. The van der Waals surface area contributed by atoms with Gasteiger partial charge in [0.2, 0.25) is 0 Å². The molecule has 0 bridgehead atoms. The van der Waals surface area contributed by atoms with Gasteiger partial charge in [0.25, 0.3) is 5.91 Å². The van der Waals surface area contributed by atoms with Crippen molar-refractivity contribution in [2.45, 2.75) is 39.0 Å². The van der Waals surface area contributed by atoms with Crippen LogP contribution < -0.4 is 5.32 Å². The Balaban J connectivity index is 1.91. The molecule has 0 saturated heterocycles. The summed E-state index contributed by atoms with van der Waals surface area (Å²) in [4.78, 5) is 23.3. The van der Waals surface area contributed by atoms with Gasteiger partial charge in [-0.3, -0.25) is 4.79 Å². The molecule has 4 heteroatoms. The zero-order valence-corrected chi connectivity index (χ0v) is 11.9. The zero-order chi connectivity index (χ0) is 14.4. The van der Waals surface area contributed by atoms with Crippen molar-refractivity contribution in [1.82, 2.24) is 5.32 Å². The van der Waals surface area contributed by atoms with Gasteiger partial charge in [-0.1, -0.05) is 13.0 Å². The van der Waals surface area contributed by atoms with Crippen molar-refractivity contribution in [3.8, 4) is 0 Å². The lowest BCUT2D eigenvalue weighted by atomic mass is 9.90. The van der Waals surface area contributed by atoms with Crippen LogP contribution in [0.4, 0.5) is 0 Å². The molecule has 1 aliphatic rings. The predicted molar refractivity (Wildman–Crippen MR) is 76.7 cm³/mol. The number of hydrogen-bond donors (Lipinski definition) is 1. The average Bonchev–Trinajstić information content (AvgIpc) is 2.50. The van der Waals surface area contributed by atoms with Crippen molar-refractivity contribution in [3.05, 3.63) is 34.9 Å². The van der Waals surface area contributed by atoms with E-state index in [9.17, 15) is 9.59 Å². The molecule has 0 unspecified atom stereocenters. The molecule has 0 aliphatic heterocycles. The molecule has 0 saturated carbocycles. The highest BCUT2D eigenvalue weighted by molar-refractivity contribution is 5.91. The number of carbonyl (C=O) groups is 2. The van der Waals surface area contributed by atoms with Gasteiger partial charge in [0.15, 0.2) is 6.61 Å². The maximum Gasteiger partial charge on any atom is 0.338 e. The SMILES string of the molecule is CCCNC(=O)COC(=O)c1ccc2c(c1)CCCC2. The highest BCUT2D eigenvalue weighted by atomic mass is 16.5. The average molecular weight is 275 g/mol. The van der Waals surface area contributed by atoms with Gasteiger partial charge in [0, 0.05) is 6.54 Å². The maximum absolute atomic E-state index is 11.9. The number of carbonyl (C=O) groups excluding carboxylic acids is 2. The molecule has 0 heterocycles. The summed E-state index contributed by atoms with van der Waals surface area (Å²) >= 11 is 0. The van der Waals surface area contributed by atoms with E-state index < -0.39 is 5.97 Å². The van der Waals surface area contributed by atoms with E-state index in [2.05, 4.69) is 5.32 Å². The second kappa shape index (κ2) is 7.08. The van der Waals surface area contributed by atoms with Crippen LogP contribution >= 0.6 is 0 Å². The number of amides is 1. The molecule has 0 fully saturated rings. The summed E-state index contributed by atoms with van der Waals surface area (Å²) in [6, 6.07) is 5.69. The molecule has 4 nitrogen and oxygen atoms in total. The number of rotatable bonds is 5. The van der Waals surface area contributed by atoms with Gasteiger partial charge in [-0.25, -0.2) is 4.79 Å². The first-order chi connectivity index (χ1) is 9.70. The van der Waals surface area contributed by atoms with Crippen LogP contribution in [0.25, 0.3) is 0 Å². The molecule has 108 valence electrons. The third-order valence-electron chi connectivity index (χ3n) is 3.49. The summed E-state index contributed by atoms with van der Waals surface area (Å²) in [6.45, 7) is 2.37. The Morgan fingerprint density at radius 1 is 1.20 bits per heavy atom. The molecule has 1 aromatic carbocycles. The van der Waals surface area contributed by atoms with Gasteiger partial charge in [0.05, 0.1) is 5.56 Å². The number of fused-ring (bicyclic) bond motifs is 1. The normalized spacial score (nSPS) is 13.4. The minimum Gasteiger partial charge on any atom is -0.452 e. The van der Waals surface area contributed by atoms with E-state index in [0.717, 1.165) is 19.3 Å². The van der Waals surface area contributed by atoms with E-state index in [-0.39, 0.29) is 12.5 Å². The van der Waals surface area contributed by atoms with E-state index in [0.29, 0.717) is 12.1 Å². The largest absolute Gasteiger partial charge is 0.452 e. The van der Waals surface area contributed by atoms with Gasteiger partial charge in [-0.2, -0.15) is 0 Å². The number of esters is 1. The van der Waals surface area contributed by atoms with Gasteiger partial charge in [0.1, 0.15) is 0 Å². The van der Waals surface area contributed by atoms with E-state index in [4.69, 9.17) is 4.74 Å². The fraction of sp³-hybridized carbons (Fsp3) is 0.500. The van der Waals surface area contributed by atoms with Crippen molar-refractivity contribution < 1.29 is 14.3 Å². The molecule has 1 N–H and O–H groups in total. The summed E-state index contributed by atoms with van der Waals surface area (Å²) in [5, 5.41) is 2.67.